The largest absolute Gasteiger partial charge is 0.455 e. The first-order chi connectivity index (χ1) is 30.7. The Bertz CT molecular complexity index is 3840. The molecule has 13 rings (SSSR count). The smallest absolute Gasteiger partial charge is 0.159 e. The van der Waals surface area contributed by atoms with Gasteiger partial charge in [0.25, 0.3) is 0 Å². The molecule has 0 saturated heterocycles. The Balaban J connectivity index is 1.01. The quantitative estimate of drug-likeness (QED) is 0.189. The van der Waals surface area contributed by atoms with Crippen LogP contribution in [-0.2, 0) is 0 Å². The number of nitrogens with zero attached hydrogens (tertiary/aromatic N) is 3. The Labute approximate surface area is 356 Å². The molecule has 1 unspecified atom stereocenters. The van der Waals surface area contributed by atoms with Crippen molar-refractivity contribution in [2.24, 2.45) is 9.98 Å². The summed E-state index contributed by atoms with van der Waals surface area (Å²) in [5, 5.41) is 15.5. The fourth-order valence-electron chi connectivity index (χ4n) is 9.72. The molecule has 12 aromatic rings. The first-order valence-corrected chi connectivity index (χ1v) is 21.1. The summed E-state index contributed by atoms with van der Waals surface area (Å²) in [6.45, 7) is 0. The third kappa shape index (κ3) is 5.35. The van der Waals surface area contributed by atoms with E-state index in [0.717, 1.165) is 66.2 Å². The van der Waals surface area contributed by atoms with Crippen LogP contribution in [0.2, 0.25) is 0 Å². The highest BCUT2D eigenvalue weighted by molar-refractivity contribution is 6.26. The number of aromatic nitrogens is 1. The zero-order valence-corrected chi connectivity index (χ0v) is 33.5. The van der Waals surface area contributed by atoms with Crippen LogP contribution in [0.1, 0.15) is 22.9 Å². The summed E-state index contributed by atoms with van der Waals surface area (Å²) < 4.78 is 9.40. The number of furan rings is 1. The molecule has 0 bridgehead atoms. The average Bonchev–Trinajstić information content (AvgIpc) is 3.89. The standard InChI is InChI=1S/C57H36N4O/c1-3-14-35(15-4-1)38-21-11-22-41(32-38)56-58-55(37-17-5-2-6-18-37)59-57(60-56)47-26-12-25-46-52-44-24-13-27-49(43(44)30-31-51(52)62-54(46)47)61-50-34-40-20-8-7-19-39(40)33-48(50)45-29-28-36-16-9-10-23-42(36)53(45)61/h1-34,56H,(H,58,59,60). The summed E-state index contributed by atoms with van der Waals surface area (Å²) in [5.41, 5.74) is 10.3. The molecule has 0 radical (unpaired) electrons. The van der Waals surface area contributed by atoms with Gasteiger partial charge >= 0.3 is 0 Å². The summed E-state index contributed by atoms with van der Waals surface area (Å²) in [6, 6.07) is 73.4. The molecule has 290 valence electrons. The predicted octanol–water partition coefficient (Wildman–Crippen LogP) is 14.3. The average molecular weight is 793 g/mol. The summed E-state index contributed by atoms with van der Waals surface area (Å²) in [7, 11) is 0. The van der Waals surface area contributed by atoms with Gasteiger partial charge in [0.2, 0.25) is 0 Å². The van der Waals surface area contributed by atoms with E-state index < -0.39 is 0 Å². The second-order valence-corrected chi connectivity index (χ2v) is 16.1. The number of nitrogens with one attached hydrogen (secondary N) is 1. The highest BCUT2D eigenvalue weighted by Gasteiger charge is 2.25. The molecule has 1 aliphatic heterocycles. The van der Waals surface area contributed by atoms with Gasteiger partial charge in [-0.05, 0) is 80.7 Å². The molecule has 0 aliphatic carbocycles. The van der Waals surface area contributed by atoms with Crippen LogP contribution in [0.25, 0.3) is 92.9 Å². The molecule has 1 atom stereocenters. The number of para-hydroxylation sites is 1. The zero-order valence-electron chi connectivity index (χ0n) is 33.5. The van der Waals surface area contributed by atoms with Crippen molar-refractivity contribution in [2.75, 3.05) is 0 Å². The minimum Gasteiger partial charge on any atom is -0.455 e. The van der Waals surface area contributed by atoms with E-state index in [0.29, 0.717) is 11.7 Å². The first-order valence-electron chi connectivity index (χ1n) is 21.1. The van der Waals surface area contributed by atoms with Crippen molar-refractivity contribution in [1.29, 1.82) is 0 Å². The number of amidine groups is 2. The molecule has 62 heavy (non-hydrogen) atoms. The van der Waals surface area contributed by atoms with E-state index >= 15 is 0 Å². The van der Waals surface area contributed by atoms with Gasteiger partial charge in [0.1, 0.15) is 23.2 Å². The van der Waals surface area contributed by atoms with Gasteiger partial charge in [0.05, 0.1) is 22.3 Å². The van der Waals surface area contributed by atoms with E-state index in [9.17, 15) is 0 Å². The molecular weight excluding hydrogens is 757 g/mol. The highest BCUT2D eigenvalue weighted by atomic mass is 16.3. The van der Waals surface area contributed by atoms with Crippen LogP contribution in [0, 0.1) is 0 Å². The third-order valence-corrected chi connectivity index (χ3v) is 12.6. The Hall–Kier alpha value is -8.28. The monoisotopic (exact) mass is 792 g/mol. The summed E-state index contributed by atoms with van der Waals surface area (Å²) in [6.07, 6.45) is -0.371. The SMILES string of the molecule is c1ccc(C2=NC(c3cccc(-c4ccccc4)c3)NC(c3cccc4c3oc3ccc5c(-n6c7cc8ccccc8cc7c7ccc8ccccc8c76)cccc5c34)=N2)cc1. The van der Waals surface area contributed by atoms with E-state index in [2.05, 4.69) is 192 Å². The summed E-state index contributed by atoms with van der Waals surface area (Å²) in [4.78, 5) is 10.4. The Kier molecular flexibility index (Phi) is 7.60. The van der Waals surface area contributed by atoms with Crippen LogP contribution < -0.4 is 5.32 Å². The van der Waals surface area contributed by atoms with E-state index in [1.54, 1.807) is 0 Å². The molecule has 5 heteroatoms. The van der Waals surface area contributed by atoms with Gasteiger partial charge in [-0.15, -0.1) is 0 Å². The first kappa shape index (κ1) is 34.6. The molecule has 2 aromatic heterocycles. The topological polar surface area (TPSA) is 54.8 Å². The van der Waals surface area contributed by atoms with Crippen molar-refractivity contribution >= 4 is 87.7 Å². The lowest BCUT2D eigenvalue weighted by atomic mass is 10.00. The van der Waals surface area contributed by atoms with Crippen LogP contribution in [0.4, 0.5) is 0 Å². The van der Waals surface area contributed by atoms with Gasteiger partial charge in [-0.25, -0.2) is 9.98 Å². The lowest BCUT2D eigenvalue weighted by Crippen LogP contribution is -2.33. The maximum Gasteiger partial charge on any atom is 0.159 e. The van der Waals surface area contributed by atoms with Crippen LogP contribution in [-0.4, -0.2) is 16.2 Å². The molecule has 0 fully saturated rings. The fraction of sp³-hybridized carbons (Fsp3) is 0.0175. The molecule has 1 aliphatic rings. The Morgan fingerprint density at radius 1 is 0.468 bits per heavy atom. The fourth-order valence-corrected chi connectivity index (χ4v) is 9.72. The summed E-state index contributed by atoms with van der Waals surface area (Å²) >= 11 is 0. The van der Waals surface area contributed by atoms with Gasteiger partial charge in [0.15, 0.2) is 5.84 Å². The number of aliphatic imine (C=N–C) groups is 2. The lowest BCUT2D eigenvalue weighted by molar-refractivity contribution is 0.660. The second-order valence-electron chi connectivity index (χ2n) is 16.1. The van der Waals surface area contributed by atoms with Crippen LogP contribution in [0.15, 0.2) is 221 Å². The molecule has 0 saturated carbocycles. The molecule has 5 nitrogen and oxygen atoms in total. The van der Waals surface area contributed by atoms with Crippen molar-refractivity contribution in [3.8, 4) is 16.8 Å². The van der Waals surface area contributed by atoms with Gasteiger partial charge < -0.3 is 14.3 Å². The number of hydrogen-bond donors (Lipinski definition) is 1. The van der Waals surface area contributed by atoms with E-state index in [4.69, 9.17) is 14.4 Å². The number of benzene rings is 10. The Morgan fingerprint density at radius 2 is 1.15 bits per heavy atom. The maximum absolute atomic E-state index is 6.91. The van der Waals surface area contributed by atoms with E-state index in [-0.39, 0.29) is 6.17 Å². The van der Waals surface area contributed by atoms with E-state index in [1.165, 1.54) is 43.4 Å². The predicted molar refractivity (Wildman–Crippen MR) is 258 cm³/mol. The van der Waals surface area contributed by atoms with Crippen molar-refractivity contribution < 1.29 is 4.42 Å². The Morgan fingerprint density at radius 3 is 2.00 bits per heavy atom. The minimum absolute atomic E-state index is 0.371. The number of rotatable bonds is 5. The van der Waals surface area contributed by atoms with Crippen molar-refractivity contribution in [3.63, 3.8) is 0 Å². The van der Waals surface area contributed by atoms with Gasteiger partial charge in [-0.2, -0.15) is 0 Å². The number of hydrogen-bond acceptors (Lipinski definition) is 4. The normalized spacial score (nSPS) is 14.3. The van der Waals surface area contributed by atoms with E-state index in [1.807, 2.05) is 24.3 Å². The minimum atomic E-state index is -0.371. The van der Waals surface area contributed by atoms with Crippen LogP contribution >= 0.6 is 0 Å². The molecule has 10 aromatic carbocycles. The molecular formula is C57H36N4O. The summed E-state index contributed by atoms with van der Waals surface area (Å²) in [5.74, 6) is 1.39. The molecule has 0 spiro atoms. The highest BCUT2D eigenvalue weighted by Crippen LogP contribution is 2.43. The maximum atomic E-state index is 6.91. The molecule has 0 amide bonds. The second kappa shape index (κ2) is 13.6. The van der Waals surface area contributed by atoms with Crippen molar-refractivity contribution in [1.82, 2.24) is 9.88 Å². The van der Waals surface area contributed by atoms with Gasteiger partial charge in [-0.3, -0.25) is 0 Å². The lowest BCUT2D eigenvalue weighted by Gasteiger charge is -2.24. The van der Waals surface area contributed by atoms with Crippen LogP contribution in [0.3, 0.4) is 0 Å². The molecule has 3 heterocycles. The number of fused-ring (bicyclic) bond motifs is 11. The van der Waals surface area contributed by atoms with Crippen molar-refractivity contribution in [3.05, 3.63) is 223 Å². The molecule has 1 N–H and O–H groups in total. The third-order valence-electron chi connectivity index (χ3n) is 12.6. The van der Waals surface area contributed by atoms with Crippen LogP contribution in [0.5, 0.6) is 0 Å². The van der Waals surface area contributed by atoms with Gasteiger partial charge in [0, 0.05) is 37.9 Å². The zero-order chi connectivity index (χ0) is 40.7. The van der Waals surface area contributed by atoms with Gasteiger partial charge in [-0.1, -0.05) is 164 Å². The van der Waals surface area contributed by atoms with Crippen molar-refractivity contribution in [2.45, 2.75) is 6.17 Å².